The summed E-state index contributed by atoms with van der Waals surface area (Å²) in [5.74, 6) is 1.95. The van der Waals surface area contributed by atoms with Crippen molar-refractivity contribution in [2.75, 3.05) is 32.4 Å². The summed E-state index contributed by atoms with van der Waals surface area (Å²) in [7, 11) is 4.67. The maximum Gasteiger partial charge on any atom is 0.234 e. The van der Waals surface area contributed by atoms with Crippen molar-refractivity contribution in [3.8, 4) is 34.3 Å². The Morgan fingerprint density at radius 3 is 2.23 bits per heavy atom. The number of anilines is 1. The monoisotopic (exact) mass is 510 g/mol. The second kappa shape index (κ2) is 11.2. The molecule has 0 saturated carbocycles. The molecule has 0 saturated heterocycles. The van der Waals surface area contributed by atoms with Gasteiger partial charge in [0.1, 0.15) is 0 Å². The number of para-hydroxylation sites is 2. The van der Waals surface area contributed by atoms with Crippen LogP contribution in [0, 0.1) is 0 Å². The average molecular weight is 511 g/mol. The van der Waals surface area contributed by atoms with E-state index in [1.165, 1.54) is 11.8 Å². The number of aromatic nitrogens is 3. The van der Waals surface area contributed by atoms with Gasteiger partial charge in [0.15, 0.2) is 22.5 Å². The summed E-state index contributed by atoms with van der Waals surface area (Å²) in [6, 6.07) is 20.4. The number of thioether (sulfide) groups is 1. The summed E-state index contributed by atoms with van der Waals surface area (Å²) in [6.45, 7) is 0. The van der Waals surface area contributed by atoms with Crippen LogP contribution in [0.3, 0.4) is 0 Å². The van der Waals surface area contributed by atoms with Crippen molar-refractivity contribution >= 4 is 35.0 Å². The lowest BCUT2D eigenvalue weighted by molar-refractivity contribution is -0.113. The summed E-state index contributed by atoms with van der Waals surface area (Å²) in [6.07, 6.45) is 0. The van der Waals surface area contributed by atoms with Gasteiger partial charge in [-0.3, -0.25) is 9.36 Å². The zero-order valence-corrected chi connectivity index (χ0v) is 20.9. The van der Waals surface area contributed by atoms with E-state index in [0.717, 1.165) is 5.69 Å². The molecule has 0 spiro atoms. The van der Waals surface area contributed by atoms with Gasteiger partial charge in [0.05, 0.1) is 37.8 Å². The van der Waals surface area contributed by atoms with E-state index in [1.807, 2.05) is 53.1 Å². The summed E-state index contributed by atoms with van der Waals surface area (Å²) in [5.41, 5.74) is 2.11. The molecule has 8 nitrogen and oxygen atoms in total. The van der Waals surface area contributed by atoms with Crippen molar-refractivity contribution in [3.63, 3.8) is 0 Å². The van der Waals surface area contributed by atoms with E-state index >= 15 is 0 Å². The molecule has 4 rings (SSSR count). The number of nitrogens with one attached hydrogen (secondary N) is 1. The third-order valence-corrected chi connectivity index (χ3v) is 6.31. The van der Waals surface area contributed by atoms with Gasteiger partial charge in [-0.1, -0.05) is 53.7 Å². The Morgan fingerprint density at radius 1 is 0.943 bits per heavy atom. The van der Waals surface area contributed by atoms with Crippen LogP contribution in [0.2, 0.25) is 5.02 Å². The van der Waals surface area contributed by atoms with Crippen LogP contribution in [-0.2, 0) is 4.79 Å². The van der Waals surface area contributed by atoms with Crippen LogP contribution in [0.15, 0.2) is 71.9 Å². The highest BCUT2D eigenvalue weighted by atomic mass is 35.5. The molecule has 0 aliphatic carbocycles. The second-order valence-electron chi connectivity index (χ2n) is 7.21. The number of amides is 1. The molecule has 3 aromatic carbocycles. The highest BCUT2D eigenvalue weighted by molar-refractivity contribution is 7.99. The lowest BCUT2D eigenvalue weighted by Crippen LogP contribution is -2.14. The molecular weight excluding hydrogens is 488 g/mol. The van der Waals surface area contributed by atoms with E-state index in [0.29, 0.717) is 44.5 Å². The molecule has 1 N–H and O–H groups in total. The van der Waals surface area contributed by atoms with Crippen LogP contribution in [-0.4, -0.2) is 47.8 Å². The number of hydrogen-bond donors (Lipinski definition) is 1. The molecule has 4 aromatic rings. The van der Waals surface area contributed by atoms with Crippen LogP contribution in [0.1, 0.15) is 0 Å². The van der Waals surface area contributed by atoms with Crippen LogP contribution < -0.4 is 19.5 Å². The van der Waals surface area contributed by atoms with Crippen molar-refractivity contribution in [1.29, 1.82) is 0 Å². The number of hydrogen-bond acceptors (Lipinski definition) is 7. The van der Waals surface area contributed by atoms with Crippen molar-refractivity contribution < 1.29 is 19.0 Å². The normalized spacial score (nSPS) is 10.6. The first kappa shape index (κ1) is 24.4. The van der Waals surface area contributed by atoms with E-state index in [9.17, 15) is 4.79 Å². The number of carbonyl (C=O) groups excluding carboxylic acids is 1. The lowest BCUT2D eigenvalue weighted by atomic mass is 10.1. The zero-order chi connectivity index (χ0) is 24.8. The molecule has 0 fully saturated rings. The Bertz CT molecular complexity index is 1310. The fourth-order valence-corrected chi connectivity index (χ4v) is 4.38. The Hall–Kier alpha value is -3.69. The third kappa shape index (κ3) is 5.36. The van der Waals surface area contributed by atoms with Gasteiger partial charge in [0.25, 0.3) is 0 Å². The first-order valence-corrected chi connectivity index (χ1v) is 11.9. The molecule has 1 amide bonds. The Balaban J connectivity index is 1.69. The van der Waals surface area contributed by atoms with E-state index in [1.54, 1.807) is 39.5 Å². The van der Waals surface area contributed by atoms with Crippen LogP contribution in [0.4, 0.5) is 5.69 Å². The average Bonchev–Trinajstić information content (AvgIpc) is 3.32. The molecule has 10 heteroatoms. The van der Waals surface area contributed by atoms with E-state index in [2.05, 4.69) is 15.5 Å². The molecule has 0 atom stereocenters. The minimum atomic E-state index is -0.208. The fourth-order valence-electron chi connectivity index (χ4n) is 3.45. The van der Waals surface area contributed by atoms with E-state index in [-0.39, 0.29) is 11.7 Å². The first-order valence-electron chi connectivity index (χ1n) is 10.5. The second-order valence-corrected chi connectivity index (χ2v) is 8.56. The van der Waals surface area contributed by atoms with Gasteiger partial charge in [-0.25, -0.2) is 0 Å². The predicted molar refractivity (Wildman–Crippen MR) is 137 cm³/mol. The number of methoxy groups -OCH3 is 3. The van der Waals surface area contributed by atoms with E-state index < -0.39 is 0 Å². The van der Waals surface area contributed by atoms with Crippen molar-refractivity contribution in [1.82, 2.24) is 14.8 Å². The molecule has 0 aliphatic heterocycles. The van der Waals surface area contributed by atoms with Crippen molar-refractivity contribution in [3.05, 3.63) is 71.8 Å². The van der Waals surface area contributed by atoms with Gasteiger partial charge in [0, 0.05) is 11.3 Å². The minimum Gasteiger partial charge on any atom is -0.493 e. The molecular formula is C25H23ClN4O4S. The highest BCUT2D eigenvalue weighted by Gasteiger charge is 2.21. The molecule has 180 valence electrons. The fraction of sp³-hybridized carbons (Fsp3) is 0.160. The SMILES string of the molecule is COc1cc(-c2nnc(SCC(=O)Nc3ccccc3Cl)n2-c2ccccc2)cc(OC)c1OC. The third-order valence-electron chi connectivity index (χ3n) is 5.05. The largest absolute Gasteiger partial charge is 0.493 e. The van der Waals surface area contributed by atoms with Gasteiger partial charge in [-0.15, -0.1) is 10.2 Å². The molecule has 0 unspecified atom stereocenters. The van der Waals surface area contributed by atoms with Crippen molar-refractivity contribution in [2.24, 2.45) is 0 Å². The molecule has 1 heterocycles. The summed E-state index contributed by atoms with van der Waals surface area (Å²) < 4.78 is 18.3. The Labute approximate surface area is 212 Å². The number of carbonyl (C=O) groups is 1. The summed E-state index contributed by atoms with van der Waals surface area (Å²) >= 11 is 7.42. The molecule has 0 radical (unpaired) electrons. The number of halogens is 1. The maximum absolute atomic E-state index is 12.6. The molecule has 0 bridgehead atoms. The van der Waals surface area contributed by atoms with Crippen LogP contribution >= 0.6 is 23.4 Å². The van der Waals surface area contributed by atoms with E-state index in [4.69, 9.17) is 25.8 Å². The number of nitrogens with zero attached hydrogens (tertiary/aromatic N) is 3. The van der Waals surface area contributed by atoms with Gasteiger partial charge >= 0.3 is 0 Å². The van der Waals surface area contributed by atoms with Crippen LogP contribution in [0.25, 0.3) is 17.1 Å². The van der Waals surface area contributed by atoms with Crippen LogP contribution in [0.5, 0.6) is 17.2 Å². The zero-order valence-electron chi connectivity index (χ0n) is 19.3. The quantitative estimate of drug-likeness (QED) is 0.304. The summed E-state index contributed by atoms with van der Waals surface area (Å²) in [5, 5.41) is 12.7. The smallest absolute Gasteiger partial charge is 0.234 e. The molecule has 0 aliphatic rings. The number of benzene rings is 3. The maximum atomic E-state index is 12.6. The standard InChI is InChI=1S/C25H23ClN4O4S/c1-32-20-13-16(14-21(33-2)23(20)34-3)24-28-29-25(30(24)17-9-5-4-6-10-17)35-15-22(31)27-19-12-8-7-11-18(19)26/h4-14H,15H2,1-3H3,(H,27,31). The summed E-state index contributed by atoms with van der Waals surface area (Å²) in [4.78, 5) is 12.6. The minimum absolute atomic E-state index is 0.117. The Morgan fingerprint density at radius 2 is 1.60 bits per heavy atom. The first-order chi connectivity index (χ1) is 17.0. The van der Waals surface area contributed by atoms with Gasteiger partial charge in [0.2, 0.25) is 11.7 Å². The van der Waals surface area contributed by atoms with Gasteiger partial charge in [-0.05, 0) is 36.4 Å². The predicted octanol–water partition coefficient (Wildman–Crippen LogP) is 5.34. The molecule has 35 heavy (non-hydrogen) atoms. The number of ether oxygens (including phenoxy) is 3. The lowest BCUT2D eigenvalue weighted by Gasteiger charge is -2.15. The number of rotatable bonds is 9. The van der Waals surface area contributed by atoms with Gasteiger partial charge in [-0.2, -0.15) is 0 Å². The topological polar surface area (TPSA) is 87.5 Å². The Kier molecular flexibility index (Phi) is 7.79. The molecule has 1 aromatic heterocycles. The highest BCUT2D eigenvalue weighted by Crippen LogP contribution is 2.41. The van der Waals surface area contributed by atoms with Gasteiger partial charge < -0.3 is 19.5 Å². The van der Waals surface area contributed by atoms with Crippen molar-refractivity contribution in [2.45, 2.75) is 5.16 Å².